The number of rotatable bonds is 8. The van der Waals surface area contributed by atoms with Gasteiger partial charge in [0, 0.05) is 42.8 Å². The number of thioether (sulfide) groups is 1. The number of carboxylic acid groups (broad SMARTS) is 1. The number of nitrogens with zero attached hydrogens (tertiary/aromatic N) is 2. The van der Waals surface area contributed by atoms with Crippen molar-refractivity contribution in [3.05, 3.63) is 33.0 Å². The molecule has 4 rings (SSSR count). The molecule has 2 saturated heterocycles. The topological polar surface area (TPSA) is 119 Å². The zero-order valence-corrected chi connectivity index (χ0v) is 21.8. The smallest absolute Gasteiger partial charge is 0.358 e. The van der Waals surface area contributed by atoms with E-state index in [4.69, 9.17) is 0 Å². The molecular formula is C23H28F2N4O5S2. The molecule has 1 aromatic heterocycles. The van der Waals surface area contributed by atoms with Gasteiger partial charge in [-0.05, 0) is 24.8 Å². The Kier molecular flexibility index (Phi) is 7.19. The van der Waals surface area contributed by atoms with Crippen LogP contribution in [0.5, 0.6) is 0 Å². The summed E-state index contributed by atoms with van der Waals surface area (Å²) < 4.78 is 29.1. The first kappa shape index (κ1) is 26.6. The highest BCUT2D eigenvalue weighted by Crippen LogP contribution is 2.52. The maximum Gasteiger partial charge on any atom is 0.358 e. The summed E-state index contributed by atoms with van der Waals surface area (Å²) in [7, 11) is 3.34. The van der Waals surface area contributed by atoms with Crippen molar-refractivity contribution in [3.8, 4) is 0 Å². The van der Waals surface area contributed by atoms with Crippen LogP contribution in [0.15, 0.2) is 28.1 Å². The zero-order chi connectivity index (χ0) is 26.5. The van der Waals surface area contributed by atoms with E-state index in [1.54, 1.807) is 21.0 Å². The third-order valence-electron chi connectivity index (χ3n) is 6.93. The number of hydrogen-bond acceptors (Lipinski definition) is 7. The van der Waals surface area contributed by atoms with Crippen LogP contribution >= 0.6 is 23.1 Å². The molecule has 3 N–H and O–H groups in total. The van der Waals surface area contributed by atoms with Gasteiger partial charge in [-0.2, -0.15) is 8.78 Å². The molecule has 3 aliphatic heterocycles. The average molecular weight is 543 g/mol. The van der Waals surface area contributed by atoms with Crippen LogP contribution in [0.3, 0.4) is 0 Å². The van der Waals surface area contributed by atoms with E-state index in [-0.39, 0.29) is 28.8 Å². The van der Waals surface area contributed by atoms with Crippen LogP contribution in [0.4, 0.5) is 8.78 Å². The second kappa shape index (κ2) is 9.75. The summed E-state index contributed by atoms with van der Waals surface area (Å²) in [6.07, 6.45) is 0.511. The first-order valence-corrected chi connectivity index (χ1v) is 13.3. The largest absolute Gasteiger partial charge is 0.477 e. The summed E-state index contributed by atoms with van der Waals surface area (Å²) in [6, 6.07) is 0.745. The molecule has 0 bridgehead atoms. The normalized spacial score (nSPS) is 28.6. The first-order chi connectivity index (χ1) is 16.9. The summed E-state index contributed by atoms with van der Waals surface area (Å²) in [5.74, 6) is -8.26. The lowest BCUT2D eigenvalue weighted by Gasteiger charge is -2.47. The number of halogens is 2. The monoisotopic (exact) mass is 542 g/mol. The van der Waals surface area contributed by atoms with E-state index in [0.29, 0.717) is 17.9 Å². The minimum Gasteiger partial charge on any atom is -0.477 e. The summed E-state index contributed by atoms with van der Waals surface area (Å²) in [4.78, 5) is 52.7. The Bertz CT molecular complexity index is 1110. The van der Waals surface area contributed by atoms with E-state index in [9.17, 15) is 33.1 Å². The molecule has 0 unspecified atom stereocenters. The highest BCUT2D eigenvalue weighted by Gasteiger charge is 2.61. The van der Waals surface area contributed by atoms with E-state index < -0.39 is 46.6 Å². The van der Waals surface area contributed by atoms with Gasteiger partial charge in [-0.15, -0.1) is 23.1 Å². The summed E-state index contributed by atoms with van der Waals surface area (Å²) in [5.41, 5.74) is -0.108. The number of amides is 3. The lowest BCUT2D eigenvalue weighted by Crippen LogP contribution is -2.66. The molecule has 196 valence electrons. The Balaban J connectivity index is 1.47. The van der Waals surface area contributed by atoms with E-state index >= 15 is 0 Å². The molecule has 36 heavy (non-hydrogen) atoms. The fourth-order valence-electron chi connectivity index (χ4n) is 5.13. The van der Waals surface area contributed by atoms with E-state index in [0.717, 1.165) is 11.3 Å². The van der Waals surface area contributed by atoms with Gasteiger partial charge in [0.2, 0.25) is 11.8 Å². The van der Waals surface area contributed by atoms with Crippen molar-refractivity contribution in [2.24, 2.45) is 11.8 Å². The minimum atomic E-state index is -3.74. The highest BCUT2D eigenvalue weighted by molar-refractivity contribution is 8.03. The van der Waals surface area contributed by atoms with Crippen LogP contribution in [0, 0.1) is 11.8 Å². The van der Waals surface area contributed by atoms with Gasteiger partial charge in [-0.3, -0.25) is 14.4 Å². The molecule has 3 amide bonds. The van der Waals surface area contributed by atoms with Crippen molar-refractivity contribution < 1.29 is 33.1 Å². The Hall–Kier alpha value is -2.51. The number of carboxylic acids is 1. The minimum absolute atomic E-state index is 0.0621. The molecule has 0 radical (unpaired) electrons. The standard InChI is InChI=1S/C23H28F2N4O5S2/c1-10-16-15(11(2)27-22(34)23(24,25)14-6-5-7-35-14)20(31)29(16)17(21(32)33)18(10)36-12-8-13(26-9-12)19(30)28(3)4/h5-7,10-13,15-16,26H,8-9H2,1-4H3,(H,27,34)(H,32,33)/t10-,11-,12+,13+,15-,16-/m1/s1. The van der Waals surface area contributed by atoms with Crippen molar-refractivity contribution in [1.29, 1.82) is 0 Å². The molecule has 0 aliphatic carbocycles. The van der Waals surface area contributed by atoms with Crippen molar-refractivity contribution in [2.75, 3.05) is 20.6 Å². The number of nitrogens with one attached hydrogen (secondary N) is 2. The molecule has 3 aliphatic rings. The van der Waals surface area contributed by atoms with Crippen LogP contribution < -0.4 is 10.6 Å². The average Bonchev–Trinajstić information content (AvgIpc) is 3.54. The van der Waals surface area contributed by atoms with Gasteiger partial charge in [0.05, 0.1) is 22.9 Å². The summed E-state index contributed by atoms with van der Waals surface area (Å²) in [5, 5.41) is 16.7. The number of aliphatic carboxylic acids is 1. The number of alkyl halides is 2. The van der Waals surface area contributed by atoms with Gasteiger partial charge >= 0.3 is 11.9 Å². The summed E-state index contributed by atoms with van der Waals surface area (Å²) >= 11 is 2.10. The lowest BCUT2D eigenvalue weighted by atomic mass is 9.78. The van der Waals surface area contributed by atoms with Gasteiger partial charge in [0.25, 0.3) is 5.91 Å². The van der Waals surface area contributed by atoms with E-state index in [2.05, 4.69) is 10.6 Å². The molecule has 0 spiro atoms. The Morgan fingerprint density at radius 3 is 2.64 bits per heavy atom. The van der Waals surface area contributed by atoms with E-state index in [1.807, 2.05) is 0 Å². The first-order valence-electron chi connectivity index (χ1n) is 11.5. The molecule has 9 nitrogen and oxygen atoms in total. The van der Waals surface area contributed by atoms with Gasteiger partial charge < -0.3 is 25.5 Å². The SMILES string of the molecule is C[C@@H](NC(=O)C(F)(F)c1cccs1)[C@H]1C(=O)N2C(C(=O)O)=C(S[C@@H]3CN[C@H](C(=O)N(C)C)C3)[C@H](C)[C@H]12. The zero-order valence-electron chi connectivity index (χ0n) is 20.2. The second-order valence-electron chi connectivity index (χ2n) is 9.51. The number of thiophene rings is 1. The third kappa shape index (κ3) is 4.41. The second-order valence-corrected chi connectivity index (χ2v) is 11.8. The molecule has 0 saturated carbocycles. The number of fused-ring (bicyclic) bond motifs is 1. The molecule has 6 atom stereocenters. The maximum absolute atomic E-state index is 14.5. The highest BCUT2D eigenvalue weighted by atomic mass is 32.2. The Morgan fingerprint density at radius 2 is 2.06 bits per heavy atom. The van der Waals surface area contributed by atoms with Gasteiger partial charge in [-0.1, -0.05) is 13.0 Å². The van der Waals surface area contributed by atoms with Gasteiger partial charge in [-0.25, -0.2) is 4.79 Å². The van der Waals surface area contributed by atoms with Crippen LogP contribution in [-0.2, 0) is 25.1 Å². The van der Waals surface area contributed by atoms with Crippen LogP contribution in [0.2, 0.25) is 0 Å². The van der Waals surface area contributed by atoms with Gasteiger partial charge in [0.15, 0.2) is 0 Å². The van der Waals surface area contributed by atoms with E-state index in [1.165, 1.54) is 46.0 Å². The molecule has 4 heterocycles. The lowest BCUT2D eigenvalue weighted by molar-refractivity contribution is -0.160. The number of likely N-dealkylation sites (N-methyl/N-ethyl adjacent to an activating group) is 1. The van der Waals surface area contributed by atoms with Crippen LogP contribution in [0.1, 0.15) is 25.1 Å². The number of hydrogen-bond donors (Lipinski definition) is 3. The Morgan fingerprint density at radius 1 is 1.36 bits per heavy atom. The molecule has 1 aromatic rings. The fraction of sp³-hybridized carbons (Fsp3) is 0.565. The fourth-order valence-corrected chi connectivity index (χ4v) is 7.31. The van der Waals surface area contributed by atoms with Crippen molar-refractivity contribution in [1.82, 2.24) is 20.4 Å². The number of carbonyl (C=O) groups excluding carboxylic acids is 3. The quantitative estimate of drug-likeness (QED) is 0.428. The van der Waals surface area contributed by atoms with Crippen LogP contribution in [-0.4, -0.2) is 82.6 Å². The Labute approximate surface area is 215 Å². The molecule has 13 heteroatoms. The third-order valence-corrected chi connectivity index (χ3v) is 9.38. The molecule has 0 aromatic carbocycles. The maximum atomic E-state index is 14.5. The number of carbonyl (C=O) groups is 4. The van der Waals surface area contributed by atoms with Crippen molar-refractivity contribution in [3.63, 3.8) is 0 Å². The van der Waals surface area contributed by atoms with Crippen molar-refractivity contribution in [2.45, 2.75) is 49.6 Å². The van der Waals surface area contributed by atoms with Crippen LogP contribution in [0.25, 0.3) is 0 Å². The predicted molar refractivity (Wildman–Crippen MR) is 130 cm³/mol. The molecule has 2 fully saturated rings. The molecular weight excluding hydrogens is 514 g/mol. The number of β-lactam (4-membered cyclic amide) rings is 1. The predicted octanol–water partition coefficient (Wildman–Crippen LogP) is 1.67. The van der Waals surface area contributed by atoms with Crippen molar-refractivity contribution >= 4 is 46.8 Å². The summed E-state index contributed by atoms with van der Waals surface area (Å²) in [6.45, 7) is 3.79. The van der Waals surface area contributed by atoms with Gasteiger partial charge in [0.1, 0.15) is 5.70 Å².